The minimum Gasteiger partial charge on any atom is -0.335 e. The van der Waals surface area contributed by atoms with Crippen LogP contribution in [-0.2, 0) is 11.3 Å². The lowest BCUT2D eigenvalue weighted by atomic mass is 10.0. The van der Waals surface area contributed by atoms with E-state index in [9.17, 15) is 4.79 Å². The lowest BCUT2D eigenvalue weighted by Gasteiger charge is -2.30. The van der Waals surface area contributed by atoms with Gasteiger partial charge in [0, 0.05) is 17.6 Å². The van der Waals surface area contributed by atoms with E-state index in [4.69, 9.17) is 17.3 Å². The van der Waals surface area contributed by atoms with E-state index in [0.717, 1.165) is 5.56 Å². The maximum Gasteiger partial charge on any atom is 0.240 e. The van der Waals surface area contributed by atoms with Crippen molar-refractivity contribution in [2.24, 2.45) is 11.7 Å². The highest BCUT2D eigenvalue weighted by Gasteiger charge is 2.24. The van der Waals surface area contributed by atoms with Crippen LogP contribution in [0.25, 0.3) is 0 Å². The Morgan fingerprint density at radius 3 is 2.45 bits per heavy atom. The number of amides is 1. The van der Waals surface area contributed by atoms with Crippen LogP contribution in [0.4, 0.5) is 0 Å². The quantitative estimate of drug-likeness (QED) is 0.874. The first-order chi connectivity index (χ1) is 9.31. The SMILES string of the molecule is CC(C)C[C@H](N)C(=O)N(Cc1cccc(Cl)c1)C(C)C. The maximum absolute atomic E-state index is 12.5. The Bertz CT molecular complexity index is 446. The van der Waals surface area contributed by atoms with E-state index >= 15 is 0 Å². The van der Waals surface area contributed by atoms with E-state index < -0.39 is 6.04 Å². The van der Waals surface area contributed by atoms with Crippen LogP contribution >= 0.6 is 11.6 Å². The van der Waals surface area contributed by atoms with Gasteiger partial charge in [0.1, 0.15) is 0 Å². The van der Waals surface area contributed by atoms with Gasteiger partial charge in [0.2, 0.25) is 5.91 Å². The van der Waals surface area contributed by atoms with E-state index in [0.29, 0.717) is 23.9 Å². The Labute approximate surface area is 127 Å². The predicted octanol–water partition coefficient (Wildman–Crippen LogP) is 3.45. The normalized spacial score (nSPS) is 12.8. The molecule has 0 aliphatic rings. The molecule has 0 fully saturated rings. The van der Waals surface area contributed by atoms with Crippen molar-refractivity contribution in [3.63, 3.8) is 0 Å². The summed E-state index contributed by atoms with van der Waals surface area (Å²) in [5.41, 5.74) is 7.05. The second kappa shape index (κ2) is 7.65. The van der Waals surface area contributed by atoms with Gasteiger partial charge in [-0.1, -0.05) is 37.6 Å². The number of nitrogens with two attached hydrogens (primary N) is 1. The third-order valence-corrected chi connectivity index (χ3v) is 3.43. The molecule has 0 saturated carbocycles. The number of hydrogen-bond donors (Lipinski definition) is 1. The Balaban J connectivity index is 2.81. The van der Waals surface area contributed by atoms with Gasteiger partial charge in [0.25, 0.3) is 0 Å². The first-order valence-corrected chi connectivity index (χ1v) is 7.49. The monoisotopic (exact) mass is 296 g/mol. The molecule has 4 heteroatoms. The molecule has 1 rings (SSSR count). The third kappa shape index (κ3) is 5.14. The third-order valence-electron chi connectivity index (χ3n) is 3.19. The Hall–Kier alpha value is -1.06. The molecule has 1 aromatic rings. The highest BCUT2D eigenvalue weighted by molar-refractivity contribution is 6.30. The summed E-state index contributed by atoms with van der Waals surface area (Å²) >= 11 is 5.99. The van der Waals surface area contributed by atoms with Crippen LogP contribution in [0.2, 0.25) is 5.02 Å². The zero-order valence-electron chi connectivity index (χ0n) is 12.8. The number of nitrogens with zero attached hydrogens (tertiary/aromatic N) is 1. The van der Waals surface area contributed by atoms with Gasteiger partial charge in [-0.2, -0.15) is 0 Å². The number of rotatable bonds is 6. The summed E-state index contributed by atoms with van der Waals surface area (Å²) in [5.74, 6) is 0.419. The zero-order chi connectivity index (χ0) is 15.3. The maximum atomic E-state index is 12.5. The molecule has 1 atom stereocenters. The molecule has 0 saturated heterocycles. The van der Waals surface area contributed by atoms with Crippen molar-refractivity contribution in [1.29, 1.82) is 0 Å². The van der Waals surface area contributed by atoms with Crippen LogP contribution in [0.1, 0.15) is 39.7 Å². The molecule has 20 heavy (non-hydrogen) atoms. The molecular formula is C16H25ClN2O. The van der Waals surface area contributed by atoms with Crippen LogP contribution in [0, 0.1) is 5.92 Å². The zero-order valence-corrected chi connectivity index (χ0v) is 13.5. The molecule has 3 nitrogen and oxygen atoms in total. The highest BCUT2D eigenvalue weighted by Crippen LogP contribution is 2.16. The minimum absolute atomic E-state index is 0.00803. The number of hydrogen-bond acceptors (Lipinski definition) is 2. The number of carbonyl (C=O) groups excluding carboxylic acids is 1. The van der Waals surface area contributed by atoms with Crippen molar-refractivity contribution in [1.82, 2.24) is 4.90 Å². The molecule has 2 N–H and O–H groups in total. The molecule has 0 bridgehead atoms. The van der Waals surface area contributed by atoms with Crippen LogP contribution in [0.5, 0.6) is 0 Å². The van der Waals surface area contributed by atoms with Crippen LogP contribution in [0.3, 0.4) is 0 Å². The molecule has 0 aromatic heterocycles. The molecule has 0 radical (unpaired) electrons. The molecular weight excluding hydrogens is 272 g/mol. The van der Waals surface area contributed by atoms with Gasteiger partial charge >= 0.3 is 0 Å². The summed E-state index contributed by atoms with van der Waals surface area (Å²) in [6.45, 7) is 8.70. The van der Waals surface area contributed by atoms with E-state index in [-0.39, 0.29) is 11.9 Å². The molecule has 0 heterocycles. The fourth-order valence-corrected chi connectivity index (χ4v) is 2.38. The van der Waals surface area contributed by atoms with Gasteiger partial charge in [-0.15, -0.1) is 0 Å². The summed E-state index contributed by atoms with van der Waals surface area (Å²) in [4.78, 5) is 14.3. The van der Waals surface area contributed by atoms with Gasteiger partial charge in [-0.3, -0.25) is 4.79 Å². The average Bonchev–Trinajstić information content (AvgIpc) is 2.34. The standard InChI is InChI=1S/C16H25ClN2O/c1-11(2)8-15(18)16(20)19(12(3)4)10-13-6-5-7-14(17)9-13/h5-7,9,11-12,15H,8,10,18H2,1-4H3/t15-/m0/s1. The van der Waals surface area contributed by atoms with Crippen LogP contribution in [-0.4, -0.2) is 22.9 Å². The lowest BCUT2D eigenvalue weighted by molar-refractivity contribution is -0.135. The van der Waals surface area contributed by atoms with Crippen molar-refractivity contribution in [3.8, 4) is 0 Å². The first kappa shape index (κ1) is 17.0. The second-order valence-corrected chi connectivity index (χ2v) is 6.36. The number of carbonyl (C=O) groups is 1. The molecule has 0 unspecified atom stereocenters. The van der Waals surface area contributed by atoms with Crippen LogP contribution in [0.15, 0.2) is 24.3 Å². The fraction of sp³-hybridized carbons (Fsp3) is 0.562. The summed E-state index contributed by atoms with van der Waals surface area (Å²) in [6, 6.07) is 7.27. The number of benzene rings is 1. The average molecular weight is 297 g/mol. The van der Waals surface area contributed by atoms with Gasteiger partial charge in [-0.25, -0.2) is 0 Å². The topological polar surface area (TPSA) is 46.3 Å². The van der Waals surface area contributed by atoms with E-state index in [1.165, 1.54) is 0 Å². The first-order valence-electron chi connectivity index (χ1n) is 7.11. The Morgan fingerprint density at radius 2 is 1.95 bits per heavy atom. The molecule has 1 amide bonds. The van der Waals surface area contributed by atoms with E-state index in [1.54, 1.807) is 0 Å². The van der Waals surface area contributed by atoms with Gasteiger partial charge in [-0.05, 0) is 43.9 Å². The minimum atomic E-state index is -0.434. The smallest absolute Gasteiger partial charge is 0.240 e. The van der Waals surface area contributed by atoms with Crippen molar-refractivity contribution < 1.29 is 4.79 Å². The fourth-order valence-electron chi connectivity index (χ4n) is 2.17. The largest absolute Gasteiger partial charge is 0.335 e. The predicted molar refractivity (Wildman–Crippen MR) is 84.6 cm³/mol. The van der Waals surface area contributed by atoms with Gasteiger partial charge in [0.15, 0.2) is 0 Å². The summed E-state index contributed by atoms with van der Waals surface area (Å²) in [7, 11) is 0. The number of halogens is 1. The Morgan fingerprint density at radius 1 is 1.30 bits per heavy atom. The molecule has 112 valence electrons. The summed E-state index contributed by atoms with van der Waals surface area (Å²) in [5, 5.41) is 0.685. The Kier molecular flexibility index (Phi) is 6.50. The van der Waals surface area contributed by atoms with E-state index in [2.05, 4.69) is 13.8 Å². The van der Waals surface area contributed by atoms with Crippen molar-refractivity contribution in [3.05, 3.63) is 34.9 Å². The van der Waals surface area contributed by atoms with Crippen molar-refractivity contribution in [2.75, 3.05) is 0 Å². The highest BCUT2D eigenvalue weighted by atomic mass is 35.5. The lowest BCUT2D eigenvalue weighted by Crippen LogP contribution is -2.47. The summed E-state index contributed by atoms with van der Waals surface area (Å²) in [6.07, 6.45) is 0.706. The second-order valence-electron chi connectivity index (χ2n) is 5.93. The molecule has 0 spiro atoms. The van der Waals surface area contributed by atoms with Crippen molar-refractivity contribution >= 4 is 17.5 Å². The van der Waals surface area contributed by atoms with Gasteiger partial charge < -0.3 is 10.6 Å². The molecule has 0 aliphatic heterocycles. The molecule has 1 aromatic carbocycles. The van der Waals surface area contributed by atoms with Crippen LogP contribution < -0.4 is 5.73 Å². The van der Waals surface area contributed by atoms with Gasteiger partial charge in [0.05, 0.1) is 6.04 Å². The molecule has 0 aliphatic carbocycles. The summed E-state index contributed by atoms with van der Waals surface area (Å²) < 4.78 is 0. The van der Waals surface area contributed by atoms with Crippen molar-refractivity contribution in [2.45, 2.75) is 52.7 Å². The van der Waals surface area contributed by atoms with E-state index in [1.807, 2.05) is 43.0 Å².